The normalized spacial score (nSPS) is 13.6. The molecule has 3 rings (SSSR count). The Morgan fingerprint density at radius 3 is 3.00 bits per heavy atom. The lowest BCUT2D eigenvalue weighted by Crippen LogP contribution is -2.44. The van der Waals surface area contributed by atoms with E-state index < -0.39 is 0 Å². The molecule has 2 aromatic rings. The van der Waals surface area contributed by atoms with Crippen LogP contribution in [-0.2, 0) is 6.54 Å². The molecule has 0 bridgehead atoms. The number of aromatic nitrogens is 2. The minimum Gasteiger partial charge on any atom is -0.361 e. The predicted molar refractivity (Wildman–Crippen MR) is 96.5 cm³/mol. The number of carbonyl (C=O) groups is 1. The van der Waals surface area contributed by atoms with Gasteiger partial charge in [-0.2, -0.15) is 0 Å². The highest BCUT2D eigenvalue weighted by atomic mass is 79.9. The molecule has 120 valence electrons. The van der Waals surface area contributed by atoms with Crippen molar-refractivity contribution < 1.29 is 4.79 Å². The number of nitrogens with zero attached hydrogens (tertiary/aromatic N) is 3. The monoisotopic (exact) mass is 393 g/mol. The van der Waals surface area contributed by atoms with Gasteiger partial charge in [-0.3, -0.25) is 4.79 Å². The second kappa shape index (κ2) is 7.10. The summed E-state index contributed by atoms with van der Waals surface area (Å²) in [7, 11) is 0. The van der Waals surface area contributed by atoms with E-state index in [2.05, 4.69) is 31.5 Å². The predicted octanol–water partition coefficient (Wildman–Crippen LogP) is 2.09. The Morgan fingerprint density at radius 1 is 1.35 bits per heavy atom. The average molecular weight is 394 g/mol. The van der Waals surface area contributed by atoms with Crippen molar-refractivity contribution >= 4 is 45.0 Å². The Kier molecular flexibility index (Phi) is 4.92. The van der Waals surface area contributed by atoms with E-state index in [0.717, 1.165) is 23.3 Å². The summed E-state index contributed by atoms with van der Waals surface area (Å²) in [5, 5.41) is 6.60. The molecule has 0 saturated carbocycles. The first-order valence-electron chi connectivity index (χ1n) is 7.24. The lowest BCUT2D eigenvalue weighted by atomic mass is 10.3. The van der Waals surface area contributed by atoms with Gasteiger partial charge in [0.05, 0.1) is 0 Å². The number of carbonyl (C=O) groups excluding carboxylic acids is 1. The molecule has 0 unspecified atom stereocenters. The van der Waals surface area contributed by atoms with E-state index >= 15 is 0 Å². The van der Waals surface area contributed by atoms with Crippen molar-refractivity contribution in [2.45, 2.75) is 6.54 Å². The molecule has 0 saturated heterocycles. The Balaban J connectivity index is 1.45. The fourth-order valence-electron chi connectivity index (χ4n) is 2.42. The molecule has 8 heteroatoms. The highest BCUT2D eigenvalue weighted by Crippen LogP contribution is 2.12. The summed E-state index contributed by atoms with van der Waals surface area (Å²) in [5.74, 6) is 0.745. The number of halogens is 1. The maximum atomic E-state index is 12.3. The molecule has 0 aliphatic carbocycles. The third-order valence-electron chi connectivity index (χ3n) is 3.58. The van der Waals surface area contributed by atoms with Gasteiger partial charge >= 0.3 is 0 Å². The molecular formula is C15H16BrN5OS. The van der Waals surface area contributed by atoms with Crippen LogP contribution in [0.3, 0.4) is 0 Å². The maximum absolute atomic E-state index is 12.3. The minimum absolute atomic E-state index is 0.0662. The quantitative estimate of drug-likeness (QED) is 0.778. The van der Waals surface area contributed by atoms with Crippen LogP contribution >= 0.6 is 28.1 Å². The standard InChI is InChI=1S/C15H16BrN5OS/c16-11-3-4-13(18-10-11)19-15(23)17-5-7-21-9-8-20-6-1-2-12(20)14(21)22/h1-4,6,10H,5,7-9H2,(H2,17,18,19,23). The number of anilines is 1. The molecule has 3 heterocycles. The van der Waals surface area contributed by atoms with Crippen LogP contribution in [0.5, 0.6) is 0 Å². The van der Waals surface area contributed by atoms with Crippen LogP contribution in [0.2, 0.25) is 0 Å². The summed E-state index contributed by atoms with van der Waals surface area (Å²) in [6.07, 6.45) is 3.64. The number of hydrogen-bond acceptors (Lipinski definition) is 3. The van der Waals surface area contributed by atoms with Gasteiger partial charge in [0.15, 0.2) is 5.11 Å². The van der Waals surface area contributed by atoms with E-state index in [1.807, 2.05) is 39.9 Å². The summed E-state index contributed by atoms with van der Waals surface area (Å²) < 4.78 is 2.90. The van der Waals surface area contributed by atoms with Gasteiger partial charge in [0.25, 0.3) is 5.91 Å². The number of hydrogen-bond donors (Lipinski definition) is 2. The molecular weight excluding hydrogens is 378 g/mol. The molecule has 2 aromatic heterocycles. The molecule has 0 fully saturated rings. The van der Waals surface area contributed by atoms with Gasteiger partial charge in [-0.05, 0) is 52.4 Å². The Bertz CT molecular complexity index is 715. The van der Waals surface area contributed by atoms with Gasteiger partial charge in [0, 0.05) is 43.0 Å². The number of thiocarbonyl (C=S) groups is 1. The van der Waals surface area contributed by atoms with E-state index in [9.17, 15) is 4.79 Å². The third kappa shape index (κ3) is 3.89. The molecule has 0 atom stereocenters. The molecule has 1 amide bonds. The smallest absolute Gasteiger partial charge is 0.270 e. The van der Waals surface area contributed by atoms with Crippen LogP contribution in [0.1, 0.15) is 10.5 Å². The summed E-state index contributed by atoms with van der Waals surface area (Å²) in [6, 6.07) is 7.48. The second-order valence-electron chi connectivity index (χ2n) is 5.12. The fourth-order valence-corrected chi connectivity index (χ4v) is 2.86. The maximum Gasteiger partial charge on any atom is 0.270 e. The van der Waals surface area contributed by atoms with Crippen LogP contribution in [0, 0.1) is 0 Å². The number of nitrogens with one attached hydrogen (secondary N) is 2. The molecule has 1 aliphatic rings. The summed E-state index contributed by atoms with van der Waals surface area (Å²) in [6.45, 7) is 2.75. The van der Waals surface area contributed by atoms with Gasteiger partial charge < -0.3 is 20.1 Å². The van der Waals surface area contributed by atoms with Gasteiger partial charge in [0.2, 0.25) is 0 Å². The Labute approximate surface area is 148 Å². The van der Waals surface area contributed by atoms with Gasteiger partial charge in [-0.15, -0.1) is 0 Å². The first kappa shape index (κ1) is 15.9. The zero-order valence-corrected chi connectivity index (χ0v) is 14.7. The first-order valence-corrected chi connectivity index (χ1v) is 8.44. The van der Waals surface area contributed by atoms with Crippen molar-refractivity contribution in [3.8, 4) is 0 Å². The van der Waals surface area contributed by atoms with Crippen LogP contribution in [0.15, 0.2) is 41.1 Å². The van der Waals surface area contributed by atoms with Crippen LogP contribution in [0.25, 0.3) is 0 Å². The number of amides is 1. The SMILES string of the molecule is O=C1c2cccn2CCN1CCNC(=S)Nc1ccc(Br)cn1. The zero-order chi connectivity index (χ0) is 16.2. The van der Waals surface area contributed by atoms with Gasteiger partial charge in [0.1, 0.15) is 11.5 Å². The van der Waals surface area contributed by atoms with Crippen molar-refractivity contribution in [2.75, 3.05) is 25.0 Å². The number of fused-ring (bicyclic) bond motifs is 1. The van der Waals surface area contributed by atoms with Gasteiger partial charge in [-0.25, -0.2) is 4.98 Å². The van der Waals surface area contributed by atoms with Crippen LogP contribution in [-0.4, -0.2) is 45.1 Å². The molecule has 2 N–H and O–H groups in total. The van der Waals surface area contributed by atoms with Crippen molar-refractivity contribution in [2.24, 2.45) is 0 Å². The van der Waals surface area contributed by atoms with Gasteiger partial charge in [-0.1, -0.05) is 0 Å². The second-order valence-corrected chi connectivity index (χ2v) is 6.45. The number of rotatable bonds is 4. The summed E-state index contributed by atoms with van der Waals surface area (Å²) >= 11 is 8.57. The largest absolute Gasteiger partial charge is 0.361 e. The minimum atomic E-state index is 0.0662. The summed E-state index contributed by atoms with van der Waals surface area (Å²) in [4.78, 5) is 18.3. The molecule has 1 aliphatic heterocycles. The third-order valence-corrected chi connectivity index (χ3v) is 4.30. The topological polar surface area (TPSA) is 62.2 Å². The van der Waals surface area contributed by atoms with E-state index in [1.54, 1.807) is 6.20 Å². The van der Waals surface area contributed by atoms with Crippen LogP contribution < -0.4 is 10.6 Å². The van der Waals surface area contributed by atoms with E-state index in [-0.39, 0.29) is 5.91 Å². The average Bonchev–Trinajstić information content (AvgIpc) is 3.01. The Morgan fingerprint density at radius 2 is 2.22 bits per heavy atom. The molecule has 23 heavy (non-hydrogen) atoms. The van der Waals surface area contributed by atoms with E-state index in [4.69, 9.17) is 12.2 Å². The van der Waals surface area contributed by atoms with Crippen molar-refractivity contribution in [1.82, 2.24) is 19.8 Å². The lowest BCUT2D eigenvalue weighted by molar-refractivity contribution is 0.0708. The van der Waals surface area contributed by atoms with Crippen molar-refractivity contribution in [1.29, 1.82) is 0 Å². The molecule has 0 aromatic carbocycles. The molecule has 0 radical (unpaired) electrons. The lowest BCUT2D eigenvalue weighted by Gasteiger charge is -2.28. The first-order chi connectivity index (χ1) is 11.1. The molecule has 6 nitrogen and oxygen atoms in total. The zero-order valence-electron chi connectivity index (χ0n) is 12.3. The van der Waals surface area contributed by atoms with E-state index in [1.165, 1.54) is 0 Å². The van der Waals surface area contributed by atoms with E-state index in [0.29, 0.717) is 24.0 Å². The highest BCUT2D eigenvalue weighted by Gasteiger charge is 2.23. The molecule has 0 spiro atoms. The summed E-state index contributed by atoms with van der Waals surface area (Å²) in [5.41, 5.74) is 0.746. The Hall–Kier alpha value is -1.93. The fraction of sp³-hybridized carbons (Fsp3) is 0.267. The van der Waals surface area contributed by atoms with Crippen molar-refractivity contribution in [3.63, 3.8) is 0 Å². The van der Waals surface area contributed by atoms with Crippen molar-refractivity contribution in [3.05, 3.63) is 46.8 Å². The highest BCUT2D eigenvalue weighted by molar-refractivity contribution is 9.10. The number of pyridine rings is 1. The van der Waals surface area contributed by atoms with Crippen LogP contribution in [0.4, 0.5) is 5.82 Å².